The van der Waals surface area contributed by atoms with Gasteiger partial charge in [-0.2, -0.15) is 0 Å². The van der Waals surface area contributed by atoms with E-state index in [4.69, 9.17) is 22.1 Å². The normalized spacial score (nSPS) is 11.0. The van der Waals surface area contributed by atoms with E-state index in [1.807, 2.05) is 44.4 Å². The average Bonchev–Trinajstić information content (AvgIpc) is 2.77. The molecule has 3 rings (SSSR count). The molecule has 0 saturated heterocycles. The molecular weight excluding hydrogens is 414 g/mol. The fourth-order valence-corrected chi connectivity index (χ4v) is 3.47. The Morgan fingerprint density at radius 2 is 1.90 bits per heavy atom. The van der Waals surface area contributed by atoms with Gasteiger partial charge in [-0.3, -0.25) is 0 Å². The number of carbonyl (C=O) groups is 1. The van der Waals surface area contributed by atoms with Crippen LogP contribution in [0.3, 0.4) is 0 Å². The number of hydrogen-bond acceptors (Lipinski definition) is 5. The summed E-state index contributed by atoms with van der Waals surface area (Å²) in [6, 6.07) is 16.4. The number of aromatic carboxylic acids is 1. The lowest BCUT2D eigenvalue weighted by atomic mass is 9.95. The van der Waals surface area contributed by atoms with Crippen molar-refractivity contribution in [2.24, 2.45) is 5.73 Å². The summed E-state index contributed by atoms with van der Waals surface area (Å²) in [5, 5.41) is 9.97. The van der Waals surface area contributed by atoms with E-state index >= 15 is 0 Å². The minimum atomic E-state index is -1.09. The second-order valence-corrected chi connectivity index (χ2v) is 7.82. The maximum atomic E-state index is 11.6. The molecule has 0 saturated carbocycles. The molecule has 0 radical (unpaired) electrons. The van der Waals surface area contributed by atoms with Gasteiger partial charge in [-0.1, -0.05) is 41.9 Å². The minimum Gasteiger partial charge on any atom is -0.492 e. The highest BCUT2D eigenvalue weighted by Crippen LogP contribution is 2.36. The molecule has 0 amide bonds. The third kappa shape index (κ3) is 5.61. The Morgan fingerprint density at radius 3 is 2.61 bits per heavy atom. The van der Waals surface area contributed by atoms with Gasteiger partial charge in [0, 0.05) is 24.2 Å². The quantitative estimate of drug-likeness (QED) is 0.475. The predicted octanol–water partition coefficient (Wildman–Crippen LogP) is 4.56. The van der Waals surface area contributed by atoms with Gasteiger partial charge in [0.05, 0.1) is 17.3 Å². The molecule has 162 valence electrons. The number of carboxylic acid groups (broad SMARTS) is 1. The largest absolute Gasteiger partial charge is 0.492 e. The second kappa shape index (κ2) is 10.4. The van der Waals surface area contributed by atoms with Crippen LogP contribution in [0.25, 0.3) is 22.4 Å². The lowest BCUT2D eigenvalue weighted by Gasteiger charge is -2.15. The van der Waals surface area contributed by atoms with E-state index in [9.17, 15) is 9.90 Å². The van der Waals surface area contributed by atoms with Crippen molar-refractivity contribution in [3.63, 3.8) is 0 Å². The second-order valence-electron chi connectivity index (χ2n) is 7.41. The van der Waals surface area contributed by atoms with Crippen molar-refractivity contribution in [1.29, 1.82) is 0 Å². The standard InChI is InChI=1S/C24H26ClN3O3/c1-28(2)12-5-13-31-22-14-16(8-10-20(22)25)23-19(9-11-21(27-23)24(29)30)18-7-4-3-6-17(18)15-26/h3-4,6-11,14H,5,12-13,15,26H2,1-2H3,(H,29,30). The third-order valence-electron chi connectivity index (χ3n) is 4.85. The molecule has 0 unspecified atom stereocenters. The van der Waals surface area contributed by atoms with Crippen LogP contribution in [0.4, 0.5) is 0 Å². The first-order valence-electron chi connectivity index (χ1n) is 10.0. The monoisotopic (exact) mass is 439 g/mol. The number of aromatic nitrogens is 1. The van der Waals surface area contributed by atoms with Crippen LogP contribution in [-0.4, -0.2) is 48.2 Å². The molecule has 7 heteroatoms. The summed E-state index contributed by atoms with van der Waals surface area (Å²) in [5.41, 5.74) is 9.81. The molecule has 3 N–H and O–H groups in total. The maximum Gasteiger partial charge on any atom is 0.354 e. The topological polar surface area (TPSA) is 88.7 Å². The molecule has 31 heavy (non-hydrogen) atoms. The number of rotatable bonds is 9. The first-order chi connectivity index (χ1) is 14.9. The highest BCUT2D eigenvalue weighted by atomic mass is 35.5. The van der Waals surface area contributed by atoms with E-state index in [1.165, 1.54) is 6.07 Å². The maximum absolute atomic E-state index is 11.6. The third-order valence-corrected chi connectivity index (χ3v) is 5.17. The summed E-state index contributed by atoms with van der Waals surface area (Å²) in [5.74, 6) is -0.549. The first kappa shape index (κ1) is 22.7. The molecule has 1 aromatic heterocycles. The SMILES string of the molecule is CN(C)CCCOc1cc(-c2nc(C(=O)O)ccc2-c2ccccc2CN)ccc1Cl. The summed E-state index contributed by atoms with van der Waals surface area (Å²) in [4.78, 5) is 18.1. The Balaban J connectivity index is 2.05. The van der Waals surface area contributed by atoms with Crippen LogP contribution < -0.4 is 10.5 Å². The Labute approximate surface area is 187 Å². The van der Waals surface area contributed by atoms with Crippen molar-refractivity contribution in [2.75, 3.05) is 27.2 Å². The van der Waals surface area contributed by atoms with E-state index in [0.29, 0.717) is 29.6 Å². The highest BCUT2D eigenvalue weighted by molar-refractivity contribution is 6.32. The smallest absolute Gasteiger partial charge is 0.354 e. The zero-order chi connectivity index (χ0) is 22.4. The van der Waals surface area contributed by atoms with Crippen LogP contribution >= 0.6 is 11.6 Å². The van der Waals surface area contributed by atoms with Crippen molar-refractivity contribution >= 4 is 17.6 Å². The van der Waals surface area contributed by atoms with Crippen molar-refractivity contribution in [3.8, 4) is 28.1 Å². The molecule has 2 aromatic carbocycles. The number of pyridine rings is 1. The van der Waals surface area contributed by atoms with Crippen LogP contribution in [-0.2, 0) is 6.54 Å². The van der Waals surface area contributed by atoms with Gasteiger partial charge in [-0.25, -0.2) is 9.78 Å². The Kier molecular flexibility index (Phi) is 7.63. The van der Waals surface area contributed by atoms with Gasteiger partial charge >= 0.3 is 5.97 Å². The first-order valence-corrected chi connectivity index (χ1v) is 10.4. The van der Waals surface area contributed by atoms with E-state index in [-0.39, 0.29) is 5.69 Å². The predicted molar refractivity (Wildman–Crippen MR) is 124 cm³/mol. The molecule has 0 atom stereocenters. The van der Waals surface area contributed by atoms with Gasteiger partial charge in [-0.15, -0.1) is 0 Å². The molecule has 0 aliphatic carbocycles. The Hall–Kier alpha value is -2.93. The summed E-state index contributed by atoms with van der Waals surface area (Å²) in [6.07, 6.45) is 0.857. The van der Waals surface area contributed by atoms with Gasteiger partial charge in [0.2, 0.25) is 0 Å². The van der Waals surface area contributed by atoms with Gasteiger partial charge in [0.1, 0.15) is 11.4 Å². The highest BCUT2D eigenvalue weighted by Gasteiger charge is 2.17. The minimum absolute atomic E-state index is 0.0348. The lowest BCUT2D eigenvalue weighted by molar-refractivity contribution is 0.0690. The zero-order valence-corrected chi connectivity index (χ0v) is 18.4. The fourth-order valence-electron chi connectivity index (χ4n) is 3.30. The van der Waals surface area contributed by atoms with E-state index in [0.717, 1.165) is 35.2 Å². The van der Waals surface area contributed by atoms with Crippen molar-refractivity contribution in [2.45, 2.75) is 13.0 Å². The summed E-state index contributed by atoms with van der Waals surface area (Å²) in [7, 11) is 4.02. The Bertz CT molecular complexity index is 1070. The van der Waals surface area contributed by atoms with Gasteiger partial charge in [-0.05, 0) is 55.9 Å². The van der Waals surface area contributed by atoms with Crippen LogP contribution in [0.15, 0.2) is 54.6 Å². The Morgan fingerprint density at radius 1 is 1.13 bits per heavy atom. The van der Waals surface area contributed by atoms with Gasteiger partial charge < -0.3 is 20.5 Å². The summed E-state index contributed by atoms with van der Waals surface area (Å²) >= 11 is 6.34. The molecule has 0 bridgehead atoms. The number of carboxylic acids is 1. The van der Waals surface area contributed by atoms with Crippen LogP contribution in [0.5, 0.6) is 5.75 Å². The summed E-state index contributed by atoms with van der Waals surface area (Å²) in [6.45, 7) is 1.78. The number of nitrogens with two attached hydrogens (primary N) is 1. The molecular formula is C24H26ClN3O3. The number of hydrogen-bond donors (Lipinski definition) is 2. The number of ether oxygens (including phenoxy) is 1. The summed E-state index contributed by atoms with van der Waals surface area (Å²) < 4.78 is 5.89. The number of halogens is 1. The molecule has 1 heterocycles. The fraction of sp³-hybridized carbons (Fsp3) is 0.250. The van der Waals surface area contributed by atoms with E-state index in [2.05, 4.69) is 9.88 Å². The molecule has 3 aromatic rings. The molecule has 0 spiro atoms. The molecule has 0 fully saturated rings. The van der Waals surface area contributed by atoms with Crippen molar-refractivity contribution in [1.82, 2.24) is 9.88 Å². The van der Waals surface area contributed by atoms with Crippen LogP contribution in [0.1, 0.15) is 22.5 Å². The van der Waals surface area contributed by atoms with Crippen molar-refractivity contribution < 1.29 is 14.6 Å². The molecule has 6 nitrogen and oxygen atoms in total. The van der Waals surface area contributed by atoms with E-state index < -0.39 is 5.97 Å². The van der Waals surface area contributed by atoms with Crippen LogP contribution in [0.2, 0.25) is 5.02 Å². The van der Waals surface area contributed by atoms with E-state index in [1.54, 1.807) is 18.2 Å². The average molecular weight is 440 g/mol. The molecule has 0 aliphatic heterocycles. The molecule has 0 aliphatic rings. The lowest BCUT2D eigenvalue weighted by Crippen LogP contribution is -2.15. The van der Waals surface area contributed by atoms with Gasteiger partial charge in [0.25, 0.3) is 0 Å². The van der Waals surface area contributed by atoms with Gasteiger partial charge in [0.15, 0.2) is 0 Å². The zero-order valence-electron chi connectivity index (χ0n) is 17.6. The number of benzene rings is 2. The van der Waals surface area contributed by atoms with Crippen molar-refractivity contribution in [3.05, 3.63) is 70.9 Å². The van der Waals surface area contributed by atoms with Crippen LogP contribution in [0, 0.1) is 0 Å². The number of nitrogens with zero attached hydrogens (tertiary/aromatic N) is 2.